The number of hydrogen-bond donors (Lipinski definition) is 2. The van der Waals surface area contributed by atoms with E-state index in [4.69, 9.17) is 4.74 Å². The van der Waals surface area contributed by atoms with Crippen LogP contribution < -0.4 is 10.6 Å². The summed E-state index contributed by atoms with van der Waals surface area (Å²) < 4.78 is 46.4. The lowest BCUT2D eigenvalue weighted by atomic mass is 10.0. The Kier molecular flexibility index (Phi) is 8.26. The second-order valence-electron chi connectivity index (χ2n) is 11.2. The average molecular weight is 612 g/mol. The third-order valence-electron chi connectivity index (χ3n) is 8.31. The summed E-state index contributed by atoms with van der Waals surface area (Å²) in [5.41, 5.74) is 4.00. The molecule has 2 fully saturated rings. The van der Waals surface area contributed by atoms with Crippen molar-refractivity contribution in [1.29, 1.82) is 5.26 Å². The number of anilines is 1. The molecule has 1 aromatic carbocycles. The largest absolute Gasteiger partial charge is 0.393 e. The predicted octanol–water partition coefficient (Wildman–Crippen LogP) is 4.91. The molecule has 13 heteroatoms. The number of hydrogen-bond acceptors (Lipinski definition) is 8. The number of carbonyl (C=O) groups excluding carboxylic acids is 1. The van der Waals surface area contributed by atoms with Crippen molar-refractivity contribution in [2.45, 2.75) is 64.0 Å². The lowest BCUT2D eigenvalue weighted by Gasteiger charge is -2.33. The molecule has 6 rings (SSSR count). The monoisotopic (exact) mass is 611 g/mol. The first-order valence-electron chi connectivity index (χ1n) is 14.4. The van der Waals surface area contributed by atoms with Crippen LogP contribution in [0.15, 0.2) is 30.6 Å². The molecule has 0 bridgehead atoms. The zero-order valence-corrected chi connectivity index (χ0v) is 24.5. The third kappa shape index (κ3) is 6.61. The molecule has 9 nitrogen and oxygen atoms in total. The minimum Gasteiger partial charge on any atom is -0.367 e. The molecule has 43 heavy (non-hydrogen) atoms. The highest BCUT2D eigenvalue weighted by atomic mass is 32.1. The number of aryl methyl sites for hydroxylation is 2. The number of nitrogens with zero attached hydrogens (tertiary/aromatic N) is 5. The topological polar surface area (TPSA) is 108 Å². The SMILES string of the molecule is Cc1c(CN2CCC(Nc3ncnc4sc(CC(F)(F)F)cc34)CC2)ccc2c1cc(C#N)n2CCC1CNC(=O)CO1. The smallest absolute Gasteiger partial charge is 0.367 e. The number of halogens is 3. The van der Waals surface area contributed by atoms with Crippen LogP contribution in [-0.4, -0.2) is 69.9 Å². The maximum absolute atomic E-state index is 12.9. The standard InChI is InChI=1S/C30H32F3N7O2S/c1-18-19(2-3-26-24(18)10-21(13-34)40(26)9-6-22-14-35-27(41)16-42-22)15-39-7-4-20(5-8-39)38-28-25-11-23(12-30(31,32)33)43-29(25)37-17-36-28/h2-3,10-11,17,20,22H,4-9,12,14-16H2,1H3,(H,35,41)(H,36,37,38). The summed E-state index contributed by atoms with van der Waals surface area (Å²) in [5.74, 6) is 0.489. The molecule has 2 saturated heterocycles. The molecule has 3 aromatic heterocycles. The van der Waals surface area contributed by atoms with Crippen molar-refractivity contribution >= 4 is 44.2 Å². The van der Waals surface area contributed by atoms with Gasteiger partial charge in [-0.25, -0.2) is 9.97 Å². The zero-order chi connectivity index (χ0) is 30.1. The number of amides is 1. The number of morpholine rings is 1. The van der Waals surface area contributed by atoms with Gasteiger partial charge < -0.3 is 19.9 Å². The first-order valence-corrected chi connectivity index (χ1v) is 15.2. The van der Waals surface area contributed by atoms with Crippen molar-refractivity contribution in [2.75, 3.05) is 31.6 Å². The number of aromatic nitrogens is 3. The van der Waals surface area contributed by atoms with Crippen molar-refractivity contribution in [2.24, 2.45) is 0 Å². The Hall–Kier alpha value is -3.73. The summed E-state index contributed by atoms with van der Waals surface area (Å²) in [7, 11) is 0. The van der Waals surface area contributed by atoms with Crippen molar-refractivity contribution in [1.82, 2.24) is 24.8 Å². The van der Waals surface area contributed by atoms with E-state index in [9.17, 15) is 23.2 Å². The Balaban J connectivity index is 1.08. The summed E-state index contributed by atoms with van der Waals surface area (Å²) in [6.07, 6.45) is -1.43. The van der Waals surface area contributed by atoms with Gasteiger partial charge in [0.05, 0.1) is 17.9 Å². The fourth-order valence-corrected chi connectivity index (χ4v) is 7.02. The zero-order valence-electron chi connectivity index (χ0n) is 23.7. The number of likely N-dealkylation sites (tertiary alicyclic amines) is 1. The lowest BCUT2D eigenvalue weighted by Crippen LogP contribution is -2.43. The maximum atomic E-state index is 12.9. The van der Waals surface area contributed by atoms with Gasteiger partial charge in [-0.05, 0) is 55.5 Å². The Morgan fingerprint density at radius 1 is 1.21 bits per heavy atom. The van der Waals surface area contributed by atoms with Crippen molar-refractivity contribution in [3.63, 3.8) is 0 Å². The summed E-state index contributed by atoms with van der Waals surface area (Å²) >= 11 is 1.06. The van der Waals surface area contributed by atoms with Crippen LogP contribution >= 0.6 is 11.3 Å². The van der Waals surface area contributed by atoms with Gasteiger partial charge in [0.1, 0.15) is 35.3 Å². The van der Waals surface area contributed by atoms with E-state index in [1.807, 2.05) is 10.6 Å². The van der Waals surface area contributed by atoms with Gasteiger partial charge >= 0.3 is 6.18 Å². The molecular formula is C30H32F3N7O2S. The predicted molar refractivity (Wildman–Crippen MR) is 158 cm³/mol. The number of nitrogens with one attached hydrogen (secondary N) is 2. The first-order chi connectivity index (χ1) is 20.7. The Morgan fingerprint density at radius 2 is 2.02 bits per heavy atom. The van der Waals surface area contributed by atoms with Crippen LogP contribution in [0, 0.1) is 18.3 Å². The van der Waals surface area contributed by atoms with Gasteiger partial charge in [0, 0.05) is 54.5 Å². The van der Waals surface area contributed by atoms with Crippen molar-refractivity contribution < 1.29 is 22.7 Å². The number of thiophene rings is 1. The first kappa shape index (κ1) is 29.3. The van der Waals surface area contributed by atoms with Gasteiger partial charge in [0.25, 0.3) is 0 Å². The number of fused-ring (bicyclic) bond motifs is 2. The van der Waals surface area contributed by atoms with Crippen LogP contribution in [0.1, 0.15) is 41.0 Å². The van der Waals surface area contributed by atoms with Crippen molar-refractivity contribution in [3.05, 3.63) is 52.3 Å². The molecule has 0 saturated carbocycles. The molecule has 2 N–H and O–H groups in total. The highest BCUT2D eigenvalue weighted by molar-refractivity contribution is 7.18. The fraction of sp³-hybridized carbons (Fsp3) is 0.467. The quantitative estimate of drug-likeness (QED) is 0.292. The second-order valence-corrected chi connectivity index (χ2v) is 12.4. The van der Waals surface area contributed by atoms with Gasteiger partial charge in [-0.2, -0.15) is 18.4 Å². The molecule has 4 aromatic rings. The number of piperidine rings is 1. The van der Waals surface area contributed by atoms with Gasteiger partial charge in [-0.1, -0.05) is 6.07 Å². The van der Waals surface area contributed by atoms with E-state index < -0.39 is 12.6 Å². The lowest BCUT2D eigenvalue weighted by molar-refractivity contribution is -0.133. The van der Waals surface area contributed by atoms with Crippen LogP contribution in [0.4, 0.5) is 19.0 Å². The van der Waals surface area contributed by atoms with E-state index in [0.717, 1.165) is 60.3 Å². The van der Waals surface area contributed by atoms with E-state index in [-0.39, 0.29) is 29.5 Å². The number of carbonyl (C=O) groups is 1. The molecule has 226 valence electrons. The van der Waals surface area contributed by atoms with Gasteiger partial charge in [-0.15, -0.1) is 11.3 Å². The van der Waals surface area contributed by atoms with E-state index in [0.29, 0.717) is 41.2 Å². The van der Waals surface area contributed by atoms with Crippen LogP contribution in [0.3, 0.4) is 0 Å². The molecule has 0 radical (unpaired) electrons. The minimum absolute atomic E-state index is 0.0723. The summed E-state index contributed by atoms with van der Waals surface area (Å²) in [5, 5.41) is 17.8. The molecule has 2 aliphatic rings. The fourth-order valence-electron chi connectivity index (χ4n) is 5.99. The molecular weight excluding hydrogens is 579 g/mol. The van der Waals surface area contributed by atoms with E-state index in [2.05, 4.69) is 50.6 Å². The number of rotatable bonds is 8. The summed E-state index contributed by atoms with van der Waals surface area (Å²) in [4.78, 5) is 23.1. The highest BCUT2D eigenvalue weighted by Crippen LogP contribution is 2.33. The molecule has 1 atom stereocenters. The molecule has 1 amide bonds. The van der Waals surface area contributed by atoms with E-state index in [1.165, 1.54) is 11.9 Å². The molecule has 0 aliphatic carbocycles. The van der Waals surface area contributed by atoms with E-state index >= 15 is 0 Å². The third-order valence-corrected chi connectivity index (χ3v) is 9.35. The second kappa shape index (κ2) is 12.1. The summed E-state index contributed by atoms with van der Waals surface area (Å²) in [6.45, 7) is 5.81. The number of ether oxygens (including phenoxy) is 1. The van der Waals surface area contributed by atoms with Crippen LogP contribution in [0.5, 0.6) is 0 Å². The molecule has 5 heterocycles. The van der Waals surface area contributed by atoms with Gasteiger partial charge in [0.2, 0.25) is 5.91 Å². The Labute approximate surface area is 250 Å². The molecule has 2 aliphatic heterocycles. The number of nitriles is 1. The molecule has 0 spiro atoms. The number of benzene rings is 1. The van der Waals surface area contributed by atoms with E-state index in [1.54, 1.807) is 6.07 Å². The van der Waals surface area contributed by atoms with Crippen LogP contribution in [0.25, 0.3) is 21.1 Å². The van der Waals surface area contributed by atoms with Crippen LogP contribution in [0.2, 0.25) is 0 Å². The highest BCUT2D eigenvalue weighted by Gasteiger charge is 2.29. The van der Waals surface area contributed by atoms with Gasteiger partial charge in [0.15, 0.2) is 0 Å². The Morgan fingerprint density at radius 3 is 2.74 bits per heavy atom. The van der Waals surface area contributed by atoms with Crippen molar-refractivity contribution in [3.8, 4) is 6.07 Å². The maximum Gasteiger partial charge on any atom is 0.393 e. The average Bonchev–Trinajstić information content (AvgIpc) is 3.55. The summed E-state index contributed by atoms with van der Waals surface area (Å²) in [6, 6.07) is 10.2. The molecule has 1 unspecified atom stereocenters. The van der Waals surface area contributed by atoms with Crippen LogP contribution in [-0.2, 0) is 29.0 Å². The van der Waals surface area contributed by atoms with Gasteiger partial charge in [-0.3, -0.25) is 9.69 Å². The minimum atomic E-state index is -4.26. The Bertz CT molecular complexity index is 1670. The normalized spacial score (nSPS) is 18.7. The number of alkyl halides is 3.